The van der Waals surface area contributed by atoms with Gasteiger partial charge in [0, 0.05) is 48.9 Å². The largest absolute Gasteiger partial charge is 0.416 e. The molecule has 2 N–H and O–H groups in total. The number of hydrogen-bond acceptors (Lipinski definition) is 6. The molecule has 1 amide bonds. The molecule has 1 aliphatic carbocycles. The fraction of sp³-hybridized carbons (Fsp3) is 0.593. The number of anilines is 1. The summed E-state index contributed by atoms with van der Waals surface area (Å²) in [6.07, 6.45) is -1.88. The number of aliphatic hydroxyl groups is 1. The van der Waals surface area contributed by atoms with Gasteiger partial charge in [-0.05, 0) is 51.2 Å². The highest BCUT2D eigenvalue weighted by Gasteiger charge is 2.43. The van der Waals surface area contributed by atoms with Crippen LogP contribution >= 0.6 is 0 Å². The number of alkyl halides is 3. The van der Waals surface area contributed by atoms with Gasteiger partial charge in [0.05, 0.1) is 23.3 Å². The first-order valence-electron chi connectivity index (χ1n) is 13.1. The number of benzene rings is 1. The van der Waals surface area contributed by atoms with E-state index in [1.165, 1.54) is 6.33 Å². The van der Waals surface area contributed by atoms with Gasteiger partial charge < -0.3 is 20.2 Å². The van der Waals surface area contributed by atoms with Crippen LogP contribution in [-0.2, 0) is 11.0 Å². The lowest BCUT2D eigenvalue weighted by molar-refractivity contribution is -0.137. The lowest BCUT2D eigenvalue weighted by Gasteiger charge is -2.39. The molecule has 0 unspecified atom stereocenters. The molecule has 3 heterocycles. The molecule has 0 radical (unpaired) electrons. The predicted octanol–water partition coefficient (Wildman–Crippen LogP) is 4.14. The van der Waals surface area contributed by atoms with Crippen molar-refractivity contribution in [2.24, 2.45) is 0 Å². The van der Waals surface area contributed by atoms with Gasteiger partial charge in [0.1, 0.15) is 18.0 Å². The number of nitrogens with one attached hydrogen (secondary N) is 1. The Balaban J connectivity index is 1.38. The normalized spacial score (nSPS) is 25.9. The van der Waals surface area contributed by atoms with Crippen LogP contribution in [0.2, 0.25) is 0 Å². The second kappa shape index (κ2) is 9.75. The summed E-state index contributed by atoms with van der Waals surface area (Å²) >= 11 is 0. The van der Waals surface area contributed by atoms with Gasteiger partial charge in [0.2, 0.25) is 5.91 Å². The van der Waals surface area contributed by atoms with E-state index >= 15 is 4.39 Å². The van der Waals surface area contributed by atoms with Gasteiger partial charge in [-0.25, -0.2) is 14.4 Å². The van der Waals surface area contributed by atoms with E-state index < -0.39 is 35.6 Å². The van der Waals surface area contributed by atoms with Crippen molar-refractivity contribution in [2.75, 3.05) is 31.1 Å². The third-order valence-electron chi connectivity index (χ3n) is 8.16. The maximum Gasteiger partial charge on any atom is 0.416 e. The molecule has 1 aromatic heterocycles. The molecule has 0 spiro atoms. The van der Waals surface area contributed by atoms with Crippen molar-refractivity contribution in [3.8, 4) is 0 Å². The Hall–Kier alpha value is -2.79. The van der Waals surface area contributed by atoms with E-state index in [2.05, 4.69) is 20.2 Å². The third-order valence-corrected chi connectivity index (χ3v) is 8.16. The Morgan fingerprint density at radius 2 is 1.89 bits per heavy atom. The third kappa shape index (κ3) is 4.98. The summed E-state index contributed by atoms with van der Waals surface area (Å²) in [6, 6.07) is 2.05. The van der Waals surface area contributed by atoms with Crippen LogP contribution in [0.4, 0.5) is 23.4 Å². The maximum atomic E-state index is 15.1. The van der Waals surface area contributed by atoms with E-state index in [9.17, 15) is 23.1 Å². The highest BCUT2D eigenvalue weighted by molar-refractivity contribution is 5.85. The molecule has 4 atom stereocenters. The Bertz CT molecular complexity index is 1210. The minimum absolute atomic E-state index is 0.0166. The average Bonchev–Trinajstić information content (AvgIpc) is 3.37. The van der Waals surface area contributed by atoms with Gasteiger partial charge >= 0.3 is 6.18 Å². The van der Waals surface area contributed by atoms with Gasteiger partial charge in [-0.1, -0.05) is 13.0 Å². The van der Waals surface area contributed by atoms with E-state index in [1.807, 2.05) is 20.8 Å². The molecule has 11 heteroatoms. The molecule has 0 bridgehead atoms. The van der Waals surface area contributed by atoms with Gasteiger partial charge in [-0.3, -0.25) is 4.79 Å². The summed E-state index contributed by atoms with van der Waals surface area (Å²) in [5, 5.41) is 13.7. The number of fused-ring (bicyclic) bond motifs is 1. The highest BCUT2D eigenvalue weighted by Crippen LogP contribution is 2.43. The molecule has 1 aromatic carbocycles. The average molecular weight is 536 g/mol. The molecule has 206 valence electrons. The van der Waals surface area contributed by atoms with Gasteiger partial charge in [-0.15, -0.1) is 0 Å². The molecule has 38 heavy (non-hydrogen) atoms. The molecule has 0 saturated carbocycles. The van der Waals surface area contributed by atoms with Crippen LogP contribution in [0.15, 0.2) is 24.5 Å². The van der Waals surface area contributed by atoms with Crippen LogP contribution in [0.1, 0.15) is 80.4 Å². The number of nitrogens with zero attached hydrogens (tertiary/aromatic N) is 4. The smallest absolute Gasteiger partial charge is 0.387 e. The van der Waals surface area contributed by atoms with Crippen molar-refractivity contribution < 1.29 is 27.5 Å². The van der Waals surface area contributed by atoms with Crippen molar-refractivity contribution in [3.63, 3.8) is 0 Å². The first kappa shape index (κ1) is 26.8. The van der Waals surface area contributed by atoms with E-state index in [0.717, 1.165) is 29.9 Å². The number of aliphatic hydroxyl groups excluding tert-OH is 1. The van der Waals surface area contributed by atoms with E-state index in [0.29, 0.717) is 50.8 Å². The predicted molar refractivity (Wildman–Crippen MR) is 133 cm³/mol. The number of piperazine rings is 1. The number of carbonyl (C=O) groups excluding carboxylic acids is 1. The zero-order valence-electron chi connectivity index (χ0n) is 21.7. The van der Waals surface area contributed by atoms with Gasteiger partial charge in [0.25, 0.3) is 0 Å². The molecule has 3 aliphatic rings. The molecule has 2 aromatic rings. The van der Waals surface area contributed by atoms with Crippen molar-refractivity contribution in [2.45, 2.75) is 75.7 Å². The first-order valence-corrected chi connectivity index (χ1v) is 13.1. The number of aromatic nitrogens is 2. The minimum Gasteiger partial charge on any atom is -0.387 e. The van der Waals surface area contributed by atoms with Crippen LogP contribution in [0.3, 0.4) is 0 Å². The van der Waals surface area contributed by atoms with Crippen molar-refractivity contribution in [1.29, 1.82) is 0 Å². The quantitative estimate of drug-likeness (QED) is 0.573. The number of amides is 1. The maximum absolute atomic E-state index is 15.1. The van der Waals surface area contributed by atoms with Gasteiger partial charge in [0.15, 0.2) is 0 Å². The van der Waals surface area contributed by atoms with Crippen LogP contribution in [0.25, 0.3) is 0 Å². The van der Waals surface area contributed by atoms with E-state index in [1.54, 1.807) is 4.90 Å². The van der Waals surface area contributed by atoms with E-state index in [-0.39, 0.29) is 22.9 Å². The van der Waals surface area contributed by atoms with Crippen molar-refractivity contribution in [3.05, 3.63) is 52.7 Å². The van der Waals surface area contributed by atoms with Crippen LogP contribution in [0.5, 0.6) is 0 Å². The molecule has 2 aliphatic heterocycles. The van der Waals surface area contributed by atoms with Crippen LogP contribution in [0, 0.1) is 5.82 Å². The molecular weight excluding hydrogens is 502 g/mol. The second-order valence-electron chi connectivity index (χ2n) is 11.3. The molecule has 7 nitrogen and oxygen atoms in total. The minimum atomic E-state index is -4.67. The summed E-state index contributed by atoms with van der Waals surface area (Å²) in [6.45, 7) is 7.73. The zero-order chi connectivity index (χ0) is 27.4. The van der Waals surface area contributed by atoms with E-state index in [4.69, 9.17) is 0 Å². The molecule has 2 fully saturated rings. The van der Waals surface area contributed by atoms with Crippen molar-refractivity contribution in [1.82, 2.24) is 20.2 Å². The fourth-order valence-corrected chi connectivity index (χ4v) is 6.18. The summed E-state index contributed by atoms with van der Waals surface area (Å²) in [7, 11) is 0. The number of carbonyl (C=O) groups is 1. The second-order valence-corrected chi connectivity index (χ2v) is 11.3. The Morgan fingerprint density at radius 3 is 2.50 bits per heavy atom. The lowest BCUT2D eigenvalue weighted by Crippen LogP contribution is -2.53. The Kier molecular flexibility index (Phi) is 6.88. The number of hydrogen-bond donors (Lipinski definition) is 2. The van der Waals surface area contributed by atoms with Gasteiger partial charge in [-0.2, -0.15) is 13.2 Å². The standard InChI is InChI=1S/C27H33F4N5O2/c1-15-12-20(37)23-21(15)24(33-14-32-23)35-8-10-36(11-9-35)25(38)22(19-6-7-26(2,3)34-19)17-5-4-16(13-18(17)28)27(29,30)31/h4-5,13-15,19-20,22,34,37H,6-12H2,1-3H3/t15-,19+,20+,22+/m1/s1. The fourth-order valence-electron chi connectivity index (χ4n) is 6.18. The number of halogens is 4. The SMILES string of the molecule is C[C@@H]1C[C@H](O)c2ncnc(N3CCN(C(=O)[C@@H](c4ccc(C(F)(F)F)cc4F)[C@@H]4CCC(C)(C)N4)CC3)c21. The van der Waals surface area contributed by atoms with Crippen LogP contribution in [-0.4, -0.2) is 63.6 Å². The monoisotopic (exact) mass is 535 g/mol. The first-order chi connectivity index (χ1) is 17.9. The molecule has 2 saturated heterocycles. The summed E-state index contributed by atoms with van der Waals surface area (Å²) < 4.78 is 54.7. The molecule has 5 rings (SSSR count). The highest BCUT2D eigenvalue weighted by atomic mass is 19.4. The summed E-state index contributed by atoms with van der Waals surface area (Å²) in [5.74, 6) is -1.39. The molecular formula is C27H33F4N5O2. The summed E-state index contributed by atoms with van der Waals surface area (Å²) in [5.41, 5.74) is 0.224. The summed E-state index contributed by atoms with van der Waals surface area (Å²) in [4.78, 5) is 26.4. The number of rotatable bonds is 4. The Morgan fingerprint density at radius 1 is 1.18 bits per heavy atom. The Labute approximate surface area is 219 Å². The van der Waals surface area contributed by atoms with Crippen molar-refractivity contribution >= 4 is 11.7 Å². The zero-order valence-corrected chi connectivity index (χ0v) is 21.7. The lowest BCUT2D eigenvalue weighted by atomic mass is 9.87. The van der Waals surface area contributed by atoms with Crippen LogP contribution < -0.4 is 10.2 Å². The topological polar surface area (TPSA) is 81.6 Å².